The molecule has 0 heterocycles. The predicted molar refractivity (Wildman–Crippen MR) is 83.6 cm³/mol. The number of benzene rings is 1. The number of hydrogen-bond acceptors (Lipinski definition) is 5. The molecule has 1 aliphatic carbocycles. The van der Waals surface area contributed by atoms with Gasteiger partial charge in [0.1, 0.15) is 5.69 Å². The first-order chi connectivity index (χ1) is 10.9. The summed E-state index contributed by atoms with van der Waals surface area (Å²) in [5.41, 5.74) is 0.514. The summed E-state index contributed by atoms with van der Waals surface area (Å²) in [4.78, 5) is 34.8. The van der Waals surface area contributed by atoms with Gasteiger partial charge in [0.15, 0.2) is 0 Å². The Kier molecular flexibility index (Phi) is 5.15. The van der Waals surface area contributed by atoms with Crippen LogP contribution in [0.4, 0.5) is 11.4 Å². The minimum absolute atomic E-state index is 0.0258. The third-order valence-corrected chi connectivity index (χ3v) is 3.61. The van der Waals surface area contributed by atoms with Crippen molar-refractivity contribution in [1.82, 2.24) is 4.90 Å². The molecule has 1 amide bonds. The molecule has 1 saturated carbocycles. The number of nitro groups is 1. The van der Waals surface area contributed by atoms with E-state index >= 15 is 0 Å². The molecule has 2 rings (SSSR count). The summed E-state index contributed by atoms with van der Waals surface area (Å²) in [5.74, 6) is -1.28. The molecule has 1 aliphatic rings. The van der Waals surface area contributed by atoms with Gasteiger partial charge < -0.3 is 15.3 Å². The van der Waals surface area contributed by atoms with Crippen molar-refractivity contribution >= 4 is 23.3 Å². The molecule has 0 bridgehead atoms. The molecule has 23 heavy (non-hydrogen) atoms. The van der Waals surface area contributed by atoms with E-state index in [0.717, 1.165) is 12.8 Å². The van der Waals surface area contributed by atoms with Crippen LogP contribution in [0.2, 0.25) is 0 Å². The van der Waals surface area contributed by atoms with E-state index in [9.17, 15) is 19.7 Å². The van der Waals surface area contributed by atoms with Crippen molar-refractivity contribution in [3.63, 3.8) is 0 Å². The molecule has 0 radical (unpaired) electrons. The Balaban J connectivity index is 2.08. The fourth-order valence-electron chi connectivity index (χ4n) is 2.17. The maximum Gasteiger partial charge on any atom is 0.303 e. The van der Waals surface area contributed by atoms with Crippen molar-refractivity contribution in [2.24, 2.45) is 0 Å². The van der Waals surface area contributed by atoms with E-state index in [2.05, 4.69) is 5.32 Å². The normalized spacial score (nSPS) is 13.4. The lowest BCUT2D eigenvalue weighted by molar-refractivity contribution is -0.384. The molecule has 0 unspecified atom stereocenters. The van der Waals surface area contributed by atoms with Crippen molar-refractivity contribution in [2.75, 3.05) is 18.9 Å². The lowest BCUT2D eigenvalue weighted by atomic mass is 10.1. The van der Waals surface area contributed by atoms with E-state index in [1.165, 1.54) is 11.0 Å². The van der Waals surface area contributed by atoms with Crippen molar-refractivity contribution in [3.05, 3.63) is 33.9 Å². The molecular formula is C15H19N3O5. The van der Waals surface area contributed by atoms with Gasteiger partial charge in [-0.3, -0.25) is 19.7 Å². The third-order valence-electron chi connectivity index (χ3n) is 3.61. The Morgan fingerprint density at radius 2 is 2.13 bits per heavy atom. The molecule has 8 heteroatoms. The maximum atomic E-state index is 12.3. The fraction of sp³-hybridized carbons (Fsp3) is 0.467. The first-order valence-electron chi connectivity index (χ1n) is 7.40. The Labute approximate surface area is 133 Å². The number of carbonyl (C=O) groups is 2. The Bertz CT molecular complexity index is 628. The summed E-state index contributed by atoms with van der Waals surface area (Å²) in [6, 6.07) is 4.64. The van der Waals surface area contributed by atoms with Gasteiger partial charge in [-0.05, 0) is 31.4 Å². The van der Waals surface area contributed by atoms with Crippen LogP contribution in [0, 0.1) is 10.1 Å². The summed E-state index contributed by atoms with van der Waals surface area (Å²) in [6.45, 7) is 0.279. The zero-order valence-electron chi connectivity index (χ0n) is 12.8. The third kappa shape index (κ3) is 4.67. The average Bonchev–Trinajstić information content (AvgIpc) is 3.30. The molecule has 0 aromatic heterocycles. The van der Waals surface area contributed by atoms with Gasteiger partial charge in [0.25, 0.3) is 11.6 Å². The number of carboxylic acids is 1. The second kappa shape index (κ2) is 7.08. The van der Waals surface area contributed by atoms with Crippen LogP contribution in [-0.4, -0.2) is 46.4 Å². The number of nitrogens with one attached hydrogen (secondary N) is 1. The highest BCUT2D eigenvalue weighted by Gasteiger charge is 2.26. The minimum Gasteiger partial charge on any atom is -0.481 e. The highest BCUT2D eigenvalue weighted by atomic mass is 16.6. The van der Waals surface area contributed by atoms with E-state index < -0.39 is 10.9 Å². The number of anilines is 1. The van der Waals surface area contributed by atoms with Gasteiger partial charge in [-0.25, -0.2) is 0 Å². The summed E-state index contributed by atoms with van der Waals surface area (Å²) in [6.07, 6.45) is 2.29. The number of aliphatic carboxylic acids is 1. The number of carboxylic acid groups (broad SMARTS) is 1. The molecular weight excluding hydrogens is 302 g/mol. The Hall–Kier alpha value is -2.64. The van der Waals surface area contributed by atoms with Gasteiger partial charge in [0.2, 0.25) is 0 Å². The molecule has 2 N–H and O–H groups in total. The van der Waals surface area contributed by atoms with Crippen LogP contribution in [0.15, 0.2) is 18.2 Å². The van der Waals surface area contributed by atoms with E-state index in [0.29, 0.717) is 12.1 Å². The number of nitro benzene ring substituents is 1. The molecule has 1 aromatic carbocycles. The fourth-order valence-corrected chi connectivity index (χ4v) is 2.17. The largest absolute Gasteiger partial charge is 0.481 e. The summed E-state index contributed by atoms with van der Waals surface area (Å²) in [5, 5.41) is 22.9. The zero-order chi connectivity index (χ0) is 17.0. The minimum atomic E-state index is -0.919. The molecule has 1 fully saturated rings. The van der Waals surface area contributed by atoms with E-state index in [1.807, 2.05) is 0 Å². The van der Waals surface area contributed by atoms with Crippen molar-refractivity contribution in [1.29, 1.82) is 0 Å². The van der Waals surface area contributed by atoms with Gasteiger partial charge in [0.05, 0.1) is 4.92 Å². The second-order valence-corrected chi connectivity index (χ2v) is 5.63. The van der Waals surface area contributed by atoms with Gasteiger partial charge in [0, 0.05) is 37.7 Å². The van der Waals surface area contributed by atoms with Crippen molar-refractivity contribution < 1.29 is 19.6 Å². The van der Waals surface area contributed by atoms with Gasteiger partial charge in [-0.2, -0.15) is 0 Å². The number of amides is 1. The SMILES string of the molecule is CN(CCCC(=O)O)C(=O)c1ccc(NC2CC2)c([N+](=O)[O-])c1. The van der Waals surface area contributed by atoms with Gasteiger partial charge >= 0.3 is 5.97 Å². The van der Waals surface area contributed by atoms with E-state index in [-0.39, 0.29) is 36.2 Å². The van der Waals surface area contributed by atoms with Gasteiger partial charge in [-0.15, -0.1) is 0 Å². The molecule has 0 spiro atoms. The first-order valence-corrected chi connectivity index (χ1v) is 7.40. The Morgan fingerprint density at radius 1 is 1.43 bits per heavy atom. The number of carbonyl (C=O) groups excluding carboxylic acids is 1. The quantitative estimate of drug-likeness (QED) is 0.560. The van der Waals surface area contributed by atoms with Crippen LogP contribution < -0.4 is 5.32 Å². The monoisotopic (exact) mass is 321 g/mol. The molecule has 0 aliphatic heterocycles. The lowest BCUT2D eigenvalue weighted by Crippen LogP contribution is -2.28. The molecule has 8 nitrogen and oxygen atoms in total. The van der Waals surface area contributed by atoms with E-state index in [1.54, 1.807) is 19.2 Å². The van der Waals surface area contributed by atoms with Crippen LogP contribution in [0.25, 0.3) is 0 Å². The number of hydrogen-bond donors (Lipinski definition) is 2. The highest BCUT2D eigenvalue weighted by Crippen LogP contribution is 2.31. The van der Waals surface area contributed by atoms with Crippen molar-refractivity contribution in [3.8, 4) is 0 Å². The maximum absolute atomic E-state index is 12.3. The standard InChI is InChI=1S/C15H19N3O5/c1-17(8-2-3-14(19)20)15(21)10-4-7-12(16-11-5-6-11)13(9-10)18(22)23/h4,7,9,11,16H,2-3,5-6,8H2,1H3,(H,19,20). The van der Waals surface area contributed by atoms with Crippen molar-refractivity contribution in [2.45, 2.75) is 31.7 Å². The summed E-state index contributed by atoms with van der Waals surface area (Å²) >= 11 is 0. The number of rotatable bonds is 8. The van der Waals surface area contributed by atoms with E-state index in [4.69, 9.17) is 5.11 Å². The highest BCUT2D eigenvalue weighted by molar-refractivity contribution is 5.95. The van der Waals surface area contributed by atoms with Crippen LogP contribution in [0.3, 0.4) is 0 Å². The average molecular weight is 321 g/mol. The van der Waals surface area contributed by atoms with Crippen LogP contribution in [0.5, 0.6) is 0 Å². The summed E-state index contributed by atoms with van der Waals surface area (Å²) < 4.78 is 0. The smallest absolute Gasteiger partial charge is 0.303 e. The van der Waals surface area contributed by atoms with Gasteiger partial charge in [-0.1, -0.05) is 0 Å². The molecule has 124 valence electrons. The predicted octanol–water partition coefficient (Wildman–Crippen LogP) is 2.11. The van der Waals surface area contributed by atoms with Crippen LogP contribution in [0.1, 0.15) is 36.0 Å². The topological polar surface area (TPSA) is 113 Å². The first kappa shape index (κ1) is 16.7. The van der Waals surface area contributed by atoms with Crippen LogP contribution in [-0.2, 0) is 4.79 Å². The molecule has 0 saturated heterocycles. The molecule has 1 aromatic rings. The lowest BCUT2D eigenvalue weighted by Gasteiger charge is -2.17. The van der Waals surface area contributed by atoms with Crippen LogP contribution >= 0.6 is 0 Å². The molecule has 0 atom stereocenters. The Morgan fingerprint density at radius 3 is 2.70 bits per heavy atom. The zero-order valence-corrected chi connectivity index (χ0v) is 12.8. The number of nitrogens with zero attached hydrogens (tertiary/aromatic N) is 2. The second-order valence-electron chi connectivity index (χ2n) is 5.63. The summed E-state index contributed by atoms with van der Waals surface area (Å²) in [7, 11) is 1.55.